The van der Waals surface area contributed by atoms with Gasteiger partial charge < -0.3 is 9.80 Å². The SMILES string of the molecule is CC1=C(CCCCCN2CCN(C(=O)c3ccc(N(C)C)cc3)CC2)C(=O)N(c2ccc(C#N)c(C(F)(F)F)c2)C1=O. The van der Waals surface area contributed by atoms with Crippen molar-refractivity contribution in [3.63, 3.8) is 0 Å². The van der Waals surface area contributed by atoms with Gasteiger partial charge in [-0.3, -0.25) is 19.3 Å². The fourth-order valence-electron chi connectivity index (χ4n) is 5.29. The molecule has 2 aromatic rings. The van der Waals surface area contributed by atoms with E-state index >= 15 is 0 Å². The Morgan fingerprint density at radius 2 is 1.62 bits per heavy atom. The topological polar surface area (TPSA) is 88.0 Å². The van der Waals surface area contributed by atoms with E-state index in [1.54, 1.807) is 0 Å². The maximum absolute atomic E-state index is 13.4. The Bertz CT molecular complexity index is 1420. The number of imide groups is 1. The summed E-state index contributed by atoms with van der Waals surface area (Å²) in [5.41, 5.74) is 0.302. The molecule has 2 aromatic carbocycles. The van der Waals surface area contributed by atoms with Crippen LogP contribution in [0.3, 0.4) is 0 Å². The summed E-state index contributed by atoms with van der Waals surface area (Å²) >= 11 is 0. The number of alkyl halides is 3. The zero-order valence-corrected chi connectivity index (χ0v) is 24.0. The van der Waals surface area contributed by atoms with Crippen molar-refractivity contribution in [3.05, 3.63) is 70.3 Å². The van der Waals surface area contributed by atoms with Crippen LogP contribution in [0.15, 0.2) is 53.6 Å². The van der Waals surface area contributed by atoms with Gasteiger partial charge in [-0.2, -0.15) is 18.4 Å². The van der Waals surface area contributed by atoms with Crippen molar-refractivity contribution in [2.45, 2.75) is 38.8 Å². The van der Waals surface area contributed by atoms with Gasteiger partial charge in [0.1, 0.15) is 0 Å². The maximum atomic E-state index is 13.4. The molecular weight excluding hydrogens is 547 g/mol. The van der Waals surface area contributed by atoms with E-state index in [1.807, 2.05) is 48.2 Å². The number of rotatable bonds is 9. The number of amides is 3. The number of carbonyl (C=O) groups is 3. The molecule has 1 saturated heterocycles. The fourth-order valence-corrected chi connectivity index (χ4v) is 5.29. The zero-order valence-electron chi connectivity index (χ0n) is 24.0. The Labute approximate surface area is 243 Å². The number of hydrogen-bond acceptors (Lipinski definition) is 6. The third kappa shape index (κ3) is 6.65. The van der Waals surface area contributed by atoms with Crippen LogP contribution in [-0.2, 0) is 15.8 Å². The molecule has 0 N–H and O–H groups in total. The van der Waals surface area contributed by atoms with Crippen molar-refractivity contribution in [2.75, 3.05) is 56.6 Å². The maximum Gasteiger partial charge on any atom is 0.417 e. The van der Waals surface area contributed by atoms with E-state index in [1.165, 1.54) is 19.1 Å². The molecular formula is C31H34F3N5O3. The molecule has 4 rings (SSSR count). The monoisotopic (exact) mass is 581 g/mol. The van der Waals surface area contributed by atoms with Gasteiger partial charge in [0.2, 0.25) is 0 Å². The highest BCUT2D eigenvalue weighted by Crippen LogP contribution is 2.37. The molecule has 2 aliphatic rings. The first-order valence-corrected chi connectivity index (χ1v) is 13.9. The average Bonchev–Trinajstić information content (AvgIpc) is 3.18. The Hall–Kier alpha value is -4.17. The zero-order chi connectivity index (χ0) is 30.6. The van der Waals surface area contributed by atoms with Gasteiger partial charge in [-0.25, -0.2) is 4.90 Å². The second-order valence-corrected chi connectivity index (χ2v) is 10.8. The lowest BCUT2D eigenvalue weighted by atomic mass is 10.0. The first-order valence-electron chi connectivity index (χ1n) is 13.9. The molecule has 3 amide bonds. The molecule has 42 heavy (non-hydrogen) atoms. The highest BCUT2D eigenvalue weighted by Gasteiger charge is 2.39. The van der Waals surface area contributed by atoms with Crippen LogP contribution >= 0.6 is 0 Å². The molecule has 0 aliphatic carbocycles. The van der Waals surface area contributed by atoms with Crippen molar-refractivity contribution in [1.82, 2.24) is 9.80 Å². The summed E-state index contributed by atoms with van der Waals surface area (Å²) in [5.74, 6) is -1.23. The summed E-state index contributed by atoms with van der Waals surface area (Å²) in [5, 5.41) is 9.02. The van der Waals surface area contributed by atoms with E-state index < -0.39 is 29.1 Å². The van der Waals surface area contributed by atoms with Gasteiger partial charge >= 0.3 is 6.18 Å². The van der Waals surface area contributed by atoms with Gasteiger partial charge in [0, 0.05) is 62.7 Å². The number of piperazine rings is 1. The minimum Gasteiger partial charge on any atom is -0.378 e. The van der Waals surface area contributed by atoms with Gasteiger partial charge in [-0.15, -0.1) is 0 Å². The number of hydrogen-bond donors (Lipinski definition) is 0. The first-order chi connectivity index (χ1) is 19.9. The average molecular weight is 582 g/mol. The number of benzene rings is 2. The predicted molar refractivity (Wildman–Crippen MR) is 153 cm³/mol. The van der Waals surface area contributed by atoms with Crippen molar-refractivity contribution < 1.29 is 27.6 Å². The Morgan fingerprint density at radius 1 is 0.952 bits per heavy atom. The summed E-state index contributed by atoms with van der Waals surface area (Å²) in [6.45, 7) is 5.22. The molecule has 0 spiro atoms. The fraction of sp³-hybridized carbons (Fsp3) is 0.419. The summed E-state index contributed by atoms with van der Waals surface area (Å²) in [7, 11) is 3.91. The largest absolute Gasteiger partial charge is 0.417 e. The number of anilines is 2. The second-order valence-electron chi connectivity index (χ2n) is 10.8. The van der Waals surface area contributed by atoms with E-state index in [0.29, 0.717) is 43.1 Å². The molecule has 0 atom stereocenters. The highest BCUT2D eigenvalue weighted by atomic mass is 19.4. The van der Waals surface area contributed by atoms with Crippen LogP contribution in [0.2, 0.25) is 0 Å². The van der Waals surface area contributed by atoms with Crippen LogP contribution in [0, 0.1) is 11.3 Å². The molecule has 222 valence electrons. The lowest BCUT2D eigenvalue weighted by Crippen LogP contribution is -2.48. The molecule has 0 unspecified atom stereocenters. The summed E-state index contributed by atoms with van der Waals surface area (Å²) in [6.07, 6.45) is -2.10. The molecule has 8 nitrogen and oxygen atoms in total. The Kier molecular flexibility index (Phi) is 9.36. The molecule has 0 saturated carbocycles. The van der Waals surface area contributed by atoms with E-state index in [4.69, 9.17) is 5.26 Å². The van der Waals surface area contributed by atoms with E-state index in [-0.39, 0.29) is 17.2 Å². The van der Waals surface area contributed by atoms with E-state index in [0.717, 1.165) is 49.1 Å². The van der Waals surface area contributed by atoms with Crippen LogP contribution < -0.4 is 9.80 Å². The molecule has 2 heterocycles. The molecule has 0 bridgehead atoms. The van der Waals surface area contributed by atoms with Gasteiger partial charge in [-0.1, -0.05) is 6.42 Å². The standard InChI is InChI=1S/C31H34F3N5O3/c1-21-26(30(42)39(28(21)40)25-13-10-23(20-35)27(19-25)31(32,33)34)7-5-4-6-14-37-15-17-38(18-16-37)29(41)22-8-11-24(12-9-22)36(2)3/h8-13,19H,4-7,14-18H2,1-3H3. The highest BCUT2D eigenvalue weighted by molar-refractivity contribution is 6.32. The number of nitrogens with zero attached hydrogens (tertiary/aromatic N) is 5. The van der Waals surface area contributed by atoms with E-state index in [2.05, 4.69) is 4.90 Å². The number of nitriles is 1. The Balaban J connectivity index is 1.23. The lowest BCUT2D eigenvalue weighted by Gasteiger charge is -2.34. The van der Waals surface area contributed by atoms with E-state index in [9.17, 15) is 27.6 Å². The van der Waals surface area contributed by atoms with Gasteiger partial charge in [0.05, 0.1) is 22.9 Å². The molecule has 1 fully saturated rings. The molecule has 0 radical (unpaired) electrons. The second kappa shape index (κ2) is 12.8. The van der Waals surface area contributed by atoms with Crippen LogP contribution in [0.4, 0.5) is 24.5 Å². The van der Waals surface area contributed by atoms with Gasteiger partial charge in [0.25, 0.3) is 17.7 Å². The van der Waals surface area contributed by atoms with Crippen LogP contribution in [0.1, 0.15) is 54.1 Å². The molecule has 11 heteroatoms. The summed E-state index contributed by atoms with van der Waals surface area (Å²) in [6, 6.07) is 11.9. The van der Waals surface area contributed by atoms with Crippen molar-refractivity contribution in [1.29, 1.82) is 5.26 Å². The van der Waals surface area contributed by atoms with Crippen molar-refractivity contribution in [2.24, 2.45) is 0 Å². The third-order valence-corrected chi connectivity index (χ3v) is 7.82. The molecule has 2 aliphatic heterocycles. The smallest absolute Gasteiger partial charge is 0.378 e. The van der Waals surface area contributed by atoms with Gasteiger partial charge in [-0.05, 0) is 75.2 Å². The third-order valence-electron chi connectivity index (χ3n) is 7.82. The normalized spacial score (nSPS) is 16.3. The Morgan fingerprint density at radius 3 is 2.21 bits per heavy atom. The quantitative estimate of drug-likeness (QED) is 0.311. The summed E-state index contributed by atoms with van der Waals surface area (Å²) < 4.78 is 40.2. The number of halogens is 3. The molecule has 0 aromatic heterocycles. The number of unbranched alkanes of at least 4 members (excludes halogenated alkanes) is 2. The predicted octanol–water partition coefficient (Wildman–Crippen LogP) is 4.85. The minimum absolute atomic E-state index is 0.0315. The van der Waals surface area contributed by atoms with Crippen LogP contribution in [-0.4, -0.2) is 74.3 Å². The van der Waals surface area contributed by atoms with Crippen LogP contribution in [0.5, 0.6) is 0 Å². The van der Waals surface area contributed by atoms with Crippen molar-refractivity contribution in [3.8, 4) is 6.07 Å². The summed E-state index contributed by atoms with van der Waals surface area (Å²) in [4.78, 5) is 45.6. The number of carbonyl (C=O) groups excluding carboxylic acids is 3. The van der Waals surface area contributed by atoms with Crippen LogP contribution in [0.25, 0.3) is 0 Å². The lowest BCUT2D eigenvalue weighted by molar-refractivity contribution is -0.138. The van der Waals surface area contributed by atoms with Gasteiger partial charge in [0.15, 0.2) is 0 Å². The minimum atomic E-state index is -4.79. The van der Waals surface area contributed by atoms with Crippen molar-refractivity contribution >= 4 is 29.1 Å². The first kappa shape index (κ1) is 30.8.